The monoisotopic (exact) mass is 467 g/mol. The van der Waals surface area contributed by atoms with E-state index in [0.717, 1.165) is 17.7 Å². The van der Waals surface area contributed by atoms with Gasteiger partial charge in [0.15, 0.2) is 0 Å². The zero-order valence-corrected chi connectivity index (χ0v) is 20.5. The van der Waals surface area contributed by atoms with Crippen LogP contribution in [0.5, 0.6) is 11.5 Å². The fourth-order valence-electron chi connectivity index (χ4n) is 3.97. The van der Waals surface area contributed by atoms with Crippen LogP contribution < -0.4 is 9.47 Å². The third-order valence-corrected chi connectivity index (χ3v) is 5.55. The number of carbonyl (C=O) groups excluding carboxylic acids is 2. The summed E-state index contributed by atoms with van der Waals surface area (Å²) in [6.45, 7) is 8.86. The topological polar surface area (TPSA) is 85.3 Å². The number of aliphatic hydroxyl groups is 1. The Morgan fingerprint density at radius 1 is 1.09 bits per heavy atom. The van der Waals surface area contributed by atoms with E-state index >= 15 is 0 Å². The number of hydrogen-bond donors (Lipinski definition) is 1. The van der Waals surface area contributed by atoms with Crippen LogP contribution in [0.2, 0.25) is 0 Å². The molecule has 1 heterocycles. The summed E-state index contributed by atoms with van der Waals surface area (Å²) in [6.07, 6.45) is 0.901. The number of carbonyl (C=O) groups is 2. The number of aryl methyl sites for hydroxylation is 1. The van der Waals surface area contributed by atoms with Gasteiger partial charge in [-0.25, -0.2) is 0 Å². The molecule has 7 nitrogen and oxygen atoms in total. The molecule has 0 spiro atoms. The Kier molecular flexibility index (Phi) is 8.34. The summed E-state index contributed by atoms with van der Waals surface area (Å²) in [4.78, 5) is 27.5. The van der Waals surface area contributed by atoms with Crippen LogP contribution in [0.1, 0.15) is 49.9 Å². The molecule has 1 N–H and O–H groups in total. The molecule has 3 rings (SSSR count). The van der Waals surface area contributed by atoms with E-state index in [4.69, 9.17) is 14.2 Å². The third kappa shape index (κ3) is 5.42. The average molecular weight is 468 g/mol. The van der Waals surface area contributed by atoms with Crippen molar-refractivity contribution in [2.45, 2.75) is 46.3 Å². The Labute approximate surface area is 200 Å². The zero-order valence-electron chi connectivity index (χ0n) is 20.5. The molecule has 34 heavy (non-hydrogen) atoms. The summed E-state index contributed by atoms with van der Waals surface area (Å²) in [5.74, 6) is -0.186. The second-order valence-electron chi connectivity index (χ2n) is 8.55. The van der Waals surface area contributed by atoms with Gasteiger partial charge < -0.3 is 24.2 Å². The van der Waals surface area contributed by atoms with Crippen molar-refractivity contribution in [2.75, 3.05) is 26.9 Å². The first kappa shape index (κ1) is 25.3. The lowest BCUT2D eigenvalue weighted by Gasteiger charge is -2.25. The van der Waals surface area contributed by atoms with Crippen molar-refractivity contribution < 1.29 is 28.9 Å². The SMILES string of the molecule is CCCOc1ccc(/C(O)=C2/C(=O)C(=O)N(CCOC)C2c2ccc(OC(C)C)cc2)cc1C. The van der Waals surface area contributed by atoms with Gasteiger partial charge in [-0.1, -0.05) is 19.1 Å². The zero-order chi connectivity index (χ0) is 24.8. The number of likely N-dealkylation sites (tertiary alicyclic amines) is 1. The predicted molar refractivity (Wildman–Crippen MR) is 130 cm³/mol. The molecule has 0 aromatic heterocycles. The van der Waals surface area contributed by atoms with Crippen molar-refractivity contribution in [3.8, 4) is 11.5 Å². The summed E-state index contributed by atoms with van der Waals surface area (Å²) < 4.78 is 16.6. The van der Waals surface area contributed by atoms with Crippen molar-refractivity contribution >= 4 is 17.4 Å². The molecule has 0 aliphatic carbocycles. The second kappa shape index (κ2) is 11.2. The lowest BCUT2D eigenvalue weighted by Crippen LogP contribution is -2.32. The minimum absolute atomic E-state index is 0.0192. The fraction of sp³-hybridized carbons (Fsp3) is 0.407. The Bertz CT molecular complexity index is 1060. The van der Waals surface area contributed by atoms with Crippen molar-refractivity contribution in [3.05, 3.63) is 64.7 Å². The van der Waals surface area contributed by atoms with Crippen LogP contribution in [0.4, 0.5) is 0 Å². The van der Waals surface area contributed by atoms with E-state index in [1.807, 2.05) is 39.8 Å². The number of rotatable bonds is 10. The van der Waals surface area contributed by atoms with Crippen molar-refractivity contribution in [2.24, 2.45) is 0 Å². The van der Waals surface area contributed by atoms with Gasteiger partial charge in [0.1, 0.15) is 17.3 Å². The Balaban J connectivity index is 2.06. The smallest absolute Gasteiger partial charge is 0.295 e. The fourth-order valence-corrected chi connectivity index (χ4v) is 3.97. The first-order chi connectivity index (χ1) is 16.3. The van der Waals surface area contributed by atoms with Gasteiger partial charge in [-0.3, -0.25) is 9.59 Å². The number of nitrogens with zero attached hydrogens (tertiary/aromatic N) is 1. The van der Waals surface area contributed by atoms with Gasteiger partial charge >= 0.3 is 0 Å². The molecule has 182 valence electrons. The van der Waals surface area contributed by atoms with Crippen LogP contribution >= 0.6 is 0 Å². The molecule has 1 fully saturated rings. The van der Waals surface area contributed by atoms with Gasteiger partial charge in [0.25, 0.3) is 11.7 Å². The molecule has 0 saturated carbocycles. The van der Waals surface area contributed by atoms with Gasteiger partial charge in [-0.15, -0.1) is 0 Å². The molecule has 1 aliphatic heterocycles. The maximum atomic E-state index is 13.1. The quantitative estimate of drug-likeness (QED) is 0.311. The van der Waals surface area contributed by atoms with E-state index in [0.29, 0.717) is 23.5 Å². The highest BCUT2D eigenvalue weighted by Gasteiger charge is 2.45. The highest BCUT2D eigenvalue weighted by Crippen LogP contribution is 2.40. The molecule has 2 aromatic rings. The summed E-state index contributed by atoms with van der Waals surface area (Å²) in [5, 5.41) is 11.2. The van der Waals surface area contributed by atoms with Crippen LogP contribution in [0.3, 0.4) is 0 Å². The number of ether oxygens (including phenoxy) is 3. The standard InChI is InChI=1S/C27H33NO6/c1-6-14-33-22-12-9-20(16-18(22)4)25(29)23-24(28(13-15-32-5)27(31)26(23)30)19-7-10-21(11-8-19)34-17(2)3/h7-12,16-17,24,29H,6,13-15H2,1-5H3/b25-23-. The molecule has 2 aromatic carbocycles. The lowest BCUT2D eigenvalue weighted by atomic mass is 9.94. The number of hydrogen-bond acceptors (Lipinski definition) is 6. The molecular weight excluding hydrogens is 434 g/mol. The van der Waals surface area contributed by atoms with Gasteiger partial charge in [0.05, 0.1) is 30.9 Å². The number of methoxy groups -OCH3 is 1. The number of aliphatic hydroxyl groups excluding tert-OH is 1. The van der Waals surface area contributed by atoms with Crippen molar-refractivity contribution in [1.82, 2.24) is 4.90 Å². The molecule has 0 radical (unpaired) electrons. The highest BCUT2D eigenvalue weighted by molar-refractivity contribution is 6.46. The van der Waals surface area contributed by atoms with Crippen molar-refractivity contribution in [1.29, 1.82) is 0 Å². The maximum absolute atomic E-state index is 13.1. The highest BCUT2D eigenvalue weighted by atomic mass is 16.5. The lowest BCUT2D eigenvalue weighted by molar-refractivity contribution is -0.140. The largest absolute Gasteiger partial charge is 0.507 e. The number of amides is 1. The molecular formula is C27H33NO6. The molecule has 0 bridgehead atoms. The van der Waals surface area contributed by atoms with Crippen LogP contribution in [0.25, 0.3) is 5.76 Å². The maximum Gasteiger partial charge on any atom is 0.295 e. The van der Waals surface area contributed by atoms with Gasteiger partial charge in [-0.2, -0.15) is 0 Å². The minimum Gasteiger partial charge on any atom is -0.507 e. The van der Waals surface area contributed by atoms with Crippen LogP contribution in [-0.4, -0.2) is 54.7 Å². The van der Waals surface area contributed by atoms with E-state index in [9.17, 15) is 14.7 Å². The summed E-state index contributed by atoms with van der Waals surface area (Å²) in [5.41, 5.74) is 2.04. The normalized spacial score (nSPS) is 17.5. The first-order valence-corrected chi connectivity index (χ1v) is 11.6. The molecule has 1 aliphatic rings. The van der Waals surface area contributed by atoms with E-state index in [1.165, 1.54) is 12.0 Å². The summed E-state index contributed by atoms with van der Waals surface area (Å²) in [6, 6.07) is 11.7. The van der Waals surface area contributed by atoms with Gasteiger partial charge in [0.2, 0.25) is 0 Å². The molecule has 1 amide bonds. The number of ketones is 1. The predicted octanol–water partition coefficient (Wildman–Crippen LogP) is 4.64. The minimum atomic E-state index is -0.737. The second-order valence-corrected chi connectivity index (χ2v) is 8.55. The molecule has 1 saturated heterocycles. The van der Waals surface area contributed by atoms with Crippen molar-refractivity contribution in [3.63, 3.8) is 0 Å². The first-order valence-electron chi connectivity index (χ1n) is 11.6. The van der Waals surface area contributed by atoms with Crippen LogP contribution in [0, 0.1) is 6.92 Å². The number of Topliss-reactive ketones (excluding diaryl/α,β-unsaturated/α-hetero) is 1. The van der Waals surface area contributed by atoms with E-state index in [1.54, 1.807) is 30.3 Å². The third-order valence-electron chi connectivity index (χ3n) is 5.55. The molecule has 1 unspecified atom stereocenters. The van der Waals surface area contributed by atoms with Crippen LogP contribution in [0.15, 0.2) is 48.0 Å². The number of benzene rings is 2. The van der Waals surface area contributed by atoms with Gasteiger partial charge in [0, 0.05) is 19.2 Å². The summed E-state index contributed by atoms with van der Waals surface area (Å²) in [7, 11) is 1.54. The molecule has 7 heteroatoms. The van der Waals surface area contributed by atoms with E-state index in [2.05, 4.69) is 0 Å². The molecule has 1 atom stereocenters. The van der Waals surface area contributed by atoms with E-state index < -0.39 is 17.7 Å². The van der Waals surface area contributed by atoms with E-state index in [-0.39, 0.29) is 30.6 Å². The average Bonchev–Trinajstić information content (AvgIpc) is 3.06. The Hall–Kier alpha value is -3.32. The Morgan fingerprint density at radius 2 is 1.79 bits per heavy atom. The van der Waals surface area contributed by atoms with Gasteiger partial charge in [-0.05, 0) is 68.7 Å². The summed E-state index contributed by atoms with van der Waals surface area (Å²) >= 11 is 0. The Morgan fingerprint density at radius 3 is 2.38 bits per heavy atom. The van der Waals surface area contributed by atoms with Crippen LogP contribution in [-0.2, 0) is 14.3 Å².